The molecule has 0 atom stereocenters. The Kier molecular flexibility index (Phi) is 5.69. The molecule has 8 heteroatoms. The summed E-state index contributed by atoms with van der Waals surface area (Å²) in [5.41, 5.74) is 1.10. The Hall–Kier alpha value is -3.68. The van der Waals surface area contributed by atoms with Crippen LogP contribution < -0.4 is 20.1 Å². The van der Waals surface area contributed by atoms with E-state index in [1.807, 2.05) is 0 Å². The highest BCUT2D eigenvalue weighted by Gasteiger charge is 2.12. The SMILES string of the molecule is COc1ccc(OC)c(NC(=O)c2ccc(Nc3ccc(F)c(F)c3)nc2)c1. The molecule has 0 bridgehead atoms. The van der Waals surface area contributed by atoms with Crippen LogP contribution in [0.2, 0.25) is 0 Å². The normalized spacial score (nSPS) is 10.3. The van der Waals surface area contributed by atoms with E-state index in [4.69, 9.17) is 9.47 Å². The Bertz CT molecular complexity index is 994. The fourth-order valence-corrected chi connectivity index (χ4v) is 2.43. The molecule has 0 fully saturated rings. The number of ether oxygens (including phenoxy) is 2. The molecule has 2 aromatic carbocycles. The summed E-state index contributed by atoms with van der Waals surface area (Å²) in [5.74, 6) is -0.856. The second-order valence-corrected chi connectivity index (χ2v) is 5.71. The van der Waals surface area contributed by atoms with Crippen molar-refractivity contribution in [3.8, 4) is 11.5 Å². The average molecular weight is 385 g/mol. The van der Waals surface area contributed by atoms with E-state index < -0.39 is 17.5 Å². The number of benzene rings is 2. The van der Waals surface area contributed by atoms with Crippen molar-refractivity contribution in [1.82, 2.24) is 4.98 Å². The first-order chi connectivity index (χ1) is 13.5. The maximum absolute atomic E-state index is 13.3. The molecule has 1 aromatic heterocycles. The molecule has 0 aliphatic heterocycles. The molecule has 1 amide bonds. The van der Waals surface area contributed by atoms with Crippen molar-refractivity contribution >= 4 is 23.1 Å². The summed E-state index contributed by atoms with van der Waals surface area (Å²) in [6.45, 7) is 0. The zero-order valence-corrected chi connectivity index (χ0v) is 15.1. The largest absolute Gasteiger partial charge is 0.497 e. The molecular formula is C20H17F2N3O3. The number of hydrogen-bond acceptors (Lipinski definition) is 5. The second-order valence-electron chi connectivity index (χ2n) is 5.71. The van der Waals surface area contributed by atoms with Crippen molar-refractivity contribution in [2.24, 2.45) is 0 Å². The van der Waals surface area contributed by atoms with Gasteiger partial charge in [-0.25, -0.2) is 13.8 Å². The zero-order chi connectivity index (χ0) is 20.1. The van der Waals surface area contributed by atoms with E-state index in [2.05, 4.69) is 15.6 Å². The van der Waals surface area contributed by atoms with Gasteiger partial charge < -0.3 is 20.1 Å². The number of nitrogens with zero attached hydrogens (tertiary/aromatic N) is 1. The summed E-state index contributed by atoms with van der Waals surface area (Å²) in [5, 5.41) is 5.57. The van der Waals surface area contributed by atoms with Crippen LogP contribution in [0.3, 0.4) is 0 Å². The lowest BCUT2D eigenvalue weighted by Crippen LogP contribution is -2.13. The summed E-state index contributed by atoms with van der Waals surface area (Å²) in [6, 6.07) is 11.6. The Balaban J connectivity index is 1.72. The first-order valence-electron chi connectivity index (χ1n) is 8.21. The number of anilines is 3. The van der Waals surface area contributed by atoms with Gasteiger partial charge in [0.2, 0.25) is 0 Å². The van der Waals surface area contributed by atoms with Crippen LogP contribution in [0.1, 0.15) is 10.4 Å². The van der Waals surface area contributed by atoms with Gasteiger partial charge in [-0.15, -0.1) is 0 Å². The molecule has 0 aliphatic rings. The van der Waals surface area contributed by atoms with Crippen molar-refractivity contribution in [1.29, 1.82) is 0 Å². The number of carbonyl (C=O) groups is 1. The standard InChI is InChI=1S/C20H17F2N3O3/c1-27-14-5-7-18(28-2)17(10-14)25-20(26)12-3-8-19(23-11-12)24-13-4-6-15(21)16(22)9-13/h3-11H,1-2H3,(H,23,24)(H,25,26). The number of carbonyl (C=O) groups excluding carboxylic acids is 1. The molecule has 144 valence electrons. The highest BCUT2D eigenvalue weighted by atomic mass is 19.2. The van der Waals surface area contributed by atoms with E-state index >= 15 is 0 Å². The lowest BCUT2D eigenvalue weighted by molar-refractivity contribution is 0.102. The predicted octanol–water partition coefficient (Wildman–Crippen LogP) is 4.37. The van der Waals surface area contributed by atoms with Gasteiger partial charge in [-0.2, -0.15) is 0 Å². The minimum absolute atomic E-state index is 0.306. The summed E-state index contributed by atoms with van der Waals surface area (Å²) >= 11 is 0. The zero-order valence-electron chi connectivity index (χ0n) is 15.1. The molecule has 2 N–H and O–H groups in total. The first-order valence-corrected chi connectivity index (χ1v) is 8.21. The topological polar surface area (TPSA) is 72.5 Å². The van der Waals surface area contributed by atoms with Gasteiger partial charge in [-0.3, -0.25) is 4.79 Å². The number of hydrogen-bond donors (Lipinski definition) is 2. The third kappa shape index (κ3) is 4.35. The minimum Gasteiger partial charge on any atom is -0.497 e. The van der Waals surface area contributed by atoms with Gasteiger partial charge in [0.1, 0.15) is 17.3 Å². The van der Waals surface area contributed by atoms with E-state index in [1.165, 1.54) is 26.5 Å². The molecule has 0 saturated carbocycles. The second kappa shape index (κ2) is 8.34. The summed E-state index contributed by atoms with van der Waals surface area (Å²) in [7, 11) is 3.02. The molecule has 1 heterocycles. The minimum atomic E-state index is -0.965. The highest BCUT2D eigenvalue weighted by Crippen LogP contribution is 2.29. The van der Waals surface area contributed by atoms with E-state index in [1.54, 1.807) is 30.3 Å². The van der Waals surface area contributed by atoms with E-state index in [0.717, 1.165) is 12.1 Å². The van der Waals surface area contributed by atoms with Crippen LogP contribution in [-0.4, -0.2) is 25.1 Å². The van der Waals surface area contributed by atoms with Gasteiger partial charge in [0.05, 0.1) is 25.5 Å². The molecule has 3 aromatic rings. The third-order valence-electron chi connectivity index (χ3n) is 3.87. The molecule has 6 nitrogen and oxygen atoms in total. The van der Waals surface area contributed by atoms with Crippen molar-refractivity contribution < 1.29 is 23.0 Å². The number of halogens is 2. The van der Waals surface area contributed by atoms with Crippen LogP contribution in [-0.2, 0) is 0 Å². The van der Waals surface area contributed by atoms with E-state index in [0.29, 0.717) is 34.3 Å². The van der Waals surface area contributed by atoms with E-state index in [9.17, 15) is 13.6 Å². The van der Waals surface area contributed by atoms with Gasteiger partial charge in [0, 0.05) is 24.0 Å². The Morgan fingerprint density at radius 2 is 1.79 bits per heavy atom. The average Bonchev–Trinajstić information content (AvgIpc) is 2.71. The number of rotatable bonds is 6. The van der Waals surface area contributed by atoms with Crippen LogP contribution >= 0.6 is 0 Å². The number of nitrogens with one attached hydrogen (secondary N) is 2. The molecule has 0 saturated heterocycles. The molecule has 3 rings (SSSR count). The molecule has 0 aliphatic carbocycles. The predicted molar refractivity (Wildman–Crippen MR) is 101 cm³/mol. The molecule has 0 radical (unpaired) electrons. The van der Waals surface area contributed by atoms with Gasteiger partial charge in [0.15, 0.2) is 11.6 Å². The van der Waals surface area contributed by atoms with Crippen molar-refractivity contribution in [3.63, 3.8) is 0 Å². The van der Waals surface area contributed by atoms with Gasteiger partial charge in [-0.1, -0.05) is 0 Å². The smallest absolute Gasteiger partial charge is 0.257 e. The maximum Gasteiger partial charge on any atom is 0.257 e. The van der Waals surface area contributed by atoms with Crippen LogP contribution in [0.5, 0.6) is 11.5 Å². The fraction of sp³-hybridized carbons (Fsp3) is 0.100. The van der Waals surface area contributed by atoms with Gasteiger partial charge >= 0.3 is 0 Å². The summed E-state index contributed by atoms with van der Waals surface area (Å²) in [4.78, 5) is 16.6. The van der Waals surface area contributed by atoms with Crippen LogP contribution in [0.15, 0.2) is 54.7 Å². The van der Waals surface area contributed by atoms with Gasteiger partial charge in [-0.05, 0) is 36.4 Å². The van der Waals surface area contributed by atoms with Gasteiger partial charge in [0.25, 0.3) is 5.91 Å². The monoisotopic (exact) mass is 385 g/mol. The third-order valence-corrected chi connectivity index (χ3v) is 3.87. The molecule has 0 unspecified atom stereocenters. The lowest BCUT2D eigenvalue weighted by Gasteiger charge is -2.12. The fourth-order valence-electron chi connectivity index (χ4n) is 2.43. The lowest BCUT2D eigenvalue weighted by atomic mass is 10.2. The number of methoxy groups -OCH3 is 2. The number of aromatic nitrogens is 1. The van der Waals surface area contributed by atoms with Crippen molar-refractivity contribution in [2.75, 3.05) is 24.9 Å². The van der Waals surface area contributed by atoms with Crippen molar-refractivity contribution in [2.45, 2.75) is 0 Å². The molecule has 0 spiro atoms. The highest BCUT2D eigenvalue weighted by molar-refractivity contribution is 6.05. The Morgan fingerprint density at radius 1 is 0.964 bits per heavy atom. The number of pyridine rings is 1. The van der Waals surface area contributed by atoms with E-state index in [-0.39, 0.29) is 0 Å². The Morgan fingerprint density at radius 3 is 2.43 bits per heavy atom. The molecular weight excluding hydrogens is 368 g/mol. The van der Waals surface area contributed by atoms with Crippen molar-refractivity contribution in [3.05, 3.63) is 71.9 Å². The molecule has 28 heavy (non-hydrogen) atoms. The maximum atomic E-state index is 13.3. The number of amides is 1. The van der Waals surface area contributed by atoms with Crippen LogP contribution in [0, 0.1) is 11.6 Å². The van der Waals surface area contributed by atoms with Crippen LogP contribution in [0.25, 0.3) is 0 Å². The summed E-state index contributed by atoms with van der Waals surface area (Å²) < 4.78 is 36.6. The van der Waals surface area contributed by atoms with Crippen LogP contribution in [0.4, 0.5) is 26.0 Å². The first kappa shape index (κ1) is 19.1. The summed E-state index contributed by atoms with van der Waals surface area (Å²) in [6.07, 6.45) is 1.37. The Labute approximate surface area is 160 Å². The quantitative estimate of drug-likeness (QED) is 0.659.